The molecule has 0 amide bonds. The first kappa shape index (κ1) is 10.0. The zero-order chi connectivity index (χ0) is 10.7. The summed E-state index contributed by atoms with van der Waals surface area (Å²) in [6, 6.07) is 4.18. The van der Waals surface area contributed by atoms with Crippen molar-refractivity contribution in [3.8, 4) is 0 Å². The molecule has 0 radical (unpaired) electrons. The van der Waals surface area contributed by atoms with Gasteiger partial charge in [-0.1, -0.05) is 12.6 Å². The van der Waals surface area contributed by atoms with Crippen molar-refractivity contribution in [2.75, 3.05) is 13.1 Å². The highest BCUT2D eigenvalue weighted by Crippen LogP contribution is 2.11. The van der Waals surface area contributed by atoms with Crippen molar-refractivity contribution in [3.63, 3.8) is 0 Å². The van der Waals surface area contributed by atoms with E-state index >= 15 is 0 Å². The van der Waals surface area contributed by atoms with E-state index in [9.17, 15) is 0 Å². The number of nitrogens with one attached hydrogen (secondary N) is 1. The Hall–Kier alpha value is -1.51. The molecule has 0 saturated carbocycles. The first-order valence-electron chi connectivity index (χ1n) is 5.35. The van der Waals surface area contributed by atoms with Gasteiger partial charge >= 0.3 is 0 Å². The monoisotopic (exact) mass is 203 g/mol. The quantitative estimate of drug-likeness (QED) is 0.792. The number of aryl methyl sites for hydroxylation is 1. The fourth-order valence-corrected chi connectivity index (χ4v) is 1.74. The van der Waals surface area contributed by atoms with Gasteiger partial charge in [0.25, 0.3) is 0 Å². The molecule has 1 aliphatic rings. The summed E-state index contributed by atoms with van der Waals surface area (Å²) in [7, 11) is 0. The van der Waals surface area contributed by atoms with E-state index in [4.69, 9.17) is 0 Å². The molecule has 1 saturated heterocycles. The van der Waals surface area contributed by atoms with Crippen LogP contribution in [0.2, 0.25) is 0 Å². The molecule has 80 valence electrons. The molecule has 1 aliphatic heterocycles. The highest BCUT2D eigenvalue weighted by atomic mass is 15.3. The molecule has 0 spiro atoms. The number of rotatable bonds is 2. The summed E-state index contributed by atoms with van der Waals surface area (Å²) in [6.07, 6.45) is 3.12. The molecule has 0 unspecified atom stereocenters. The van der Waals surface area contributed by atoms with Gasteiger partial charge in [0.05, 0.1) is 5.82 Å². The molecule has 3 nitrogen and oxygen atoms in total. The normalized spacial score (nSPS) is 16.3. The summed E-state index contributed by atoms with van der Waals surface area (Å²) in [5.41, 5.74) is 2.31. The third-order valence-electron chi connectivity index (χ3n) is 2.66. The first-order chi connectivity index (χ1) is 7.25. The van der Waals surface area contributed by atoms with Gasteiger partial charge < -0.3 is 10.2 Å². The fourth-order valence-electron chi connectivity index (χ4n) is 1.74. The topological polar surface area (TPSA) is 28.2 Å². The van der Waals surface area contributed by atoms with Crippen LogP contribution in [0.25, 0.3) is 0 Å². The molecule has 2 heterocycles. The van der Waals surface area contributed by atoms with Gasteiger partial charge in [-0.15, -0.1) is 0 Å². The Balaban J connectivity index is 2.01. The van der Waals surface area contributed by atoms with Crippen LogP contribution in [0.15, 0.2) is 30.7 Å². The van der Waals surface area contributed by atoms with E-state index in [0.717, 1.165) is 31.1 Å². The minimum absolute atomic E-state index is 0.902. The van der Waals surface area contributed by atoms with E-state index in [1.165, 1.54) is 12.0 Å². The van der Waals surface area contributed by atoms with Gasteiger partial charge in [-0.3, -0.25) is 4.98 Å². The lowest BCUT2D eigenvalue weighted by Crippen LogP contribution is -2.38. The average Bonchev–Trinajstić information content (AvgIpc) is 2.25. The van der Waals surface area contributed by atoms with Gasteiger partial charge in [0.1, 0.15) is 0 Å². The Kier molecular flexibility index (Phi) is 2.90. The molecule has 0 atom stereocenters. The second-order valence-corrected chi connectivity index (χ2v) is 3.96. The zero-order valence-corrected chi connectivity index (χ0v) is 9.16. The van der Waals surface area contributed by atoms with Crippen LogP contribution < -0.4 is 5.32 Å². The Bertz CT molecular complexity index is 342. The molecule has 1 fully saturated rings. The van der Waals surface area contributed by atoms with Crippen LogP contribution in [-0.4, -0.2) is 23.0 Å². The summed E-state index contributed by atoms with van der Waals surface area (Å²) >= 11 is 0. The Labute approximate surface area is 90.8 Å². The molecule has 1 aromatic rings. The number of hydrogen-bond acceptors (Lipinski definition) is 3. The summed E-state index contributed by atoms with van der Waals surface area (Å²) in [6.45, 7) is 9.04. The lowest BCUT2D eigenvalue weighted by molar-refractivity contribution is 0.275. The smallest absolute Gasteiger partial charge is 0.0941 e. The van der Waals surface area contributed by atoms with Crippen LogP contribution in [-0.2, 0) is 6.54 Å². The molecule has 1 aromatic heterocycles. The van der Waals surface area contributed by atoms with Gasteiger partial charge in [0, 0.05) is 31.5 Å². The Morgan fingerprint density at radius 3 is 3.07 bits per heavy atom. The third kappa shape index (κ3) is 2.49. The minimum atomic E-state index is 0.902. The molecule has 3 heteroatoms. The van der Waals surface area contributed by atoms with E-state index in [2.05, 4.69) is 33.9 Å². The predicted molar refractivity (Wildman–Crippen MR) is 61.1 cm³/mol. The number of aromatic nitrogens is 1. The van der Waals surface area contributed by atoms with Crippen molar-refractivity contribution >= 4 is 0 Å². The second kappa shape index (κ2) is 4.34. The highest BCUT2D eigenvalue weighted by molar-refractivity contribution is 5.14. The molecule has 2 rings (SSSR count). The van der Waals surface area contributed by atoms with Crippen molar-refractivity contribution in [1.29, 1.82) is 0 Å². The minimum Gasteiger partial charge on any atom is -0.372 e. The van der Waals surface area contributed by atoms with E-state index < -0.39 is 0 Å². The maximum Gasteiger partial charge on any atom is 0.0941 e. The molecular formula is C12H17N3. The fraction of sp³-hybridized carbons (Fsp3) is 0.417. The summed E-state index contributed by atoms with van der Waals surface area (Å²) < 4.78 is 0. The third-order valence-corrected chi connectivity index (χ3v) is 2.66. The van der Waals surface area contributed by atoms with Crippen LogP contribution in [0.1, 0.15) is 17.7 Å². The SMILES string of the molecule is C=C1NCCCN1Cc1ccc(C)nc1. The molecule has 0 bridgehead atoms. The van der Waals surface area contributed by atoms with Gasteiger partial charge in [0.2, 0.25) is 0 Å². The van der Waals surface area contributed by atoms with Crippen LogP contribution >= 0.6 is 0 Å². The molecule has 1 N–H and O–H groups in total. The highest BCUT2D eigenvalue weighted by Gasteiger charge is 2.12. The van der Waals surface area contributed by atoms with Gasteiger partial charge in [-0.25, -0.2) is 0 Å². The van der Waals surface area contributed by atoms with Crippen molar-refractivity contribution in [2.45, 2.75) is 19.9 Å². The lowest BCUT2D eigenvalue weighted by atomic mass is 10.2. The van der Waals surface area contributed by atoms with Gasteiger partial charge in [-0.05, 0) is 25.0 Å². The van der Waals surface area contributed by atoms with Crippen LogP contribution in [0.3, 0.4) is 0 Å². The zero-order valence-electron chi connectivity index (χ0n) is 9.16. The molecule has 15 heavy (non-hydrogen) atoms. The summed E-state index contributed by atoms with van der Waals surface area (Å²) in [5.74, 6) is 1.03. The van der Waals surface area contributed by atoms with Crippen LogP contribution in [0.5, 0.6) is 0 Å². The lowest BCUT2D eigenvalue weighted by Gasteiger charge is -2.31. The second-order valence-electron chi connectivity index (χ2n) is 3.96. The van der Waals surface area contributed by atoms with Crippen LogP contribution in [0, 0.1) is 6.92 Å². The molecule has 0 aromatic carbocycles. The van der Waals surface area contributed by atoms with E-state index in [1.54, 1.807) is 0 Å². The Morgan fingerprint density at radius 1 is 1.53 bits per heavy atom. The largest absolute Gasteiger partial charge is 0.372 e. The summed E-state index contributed by atoms with van der Waals surface area (Å²) in [4.78, 5) is 6.55. The van der Waals surface area contributed by atoms with Crippen molar-refractivity contribution < 1.29 is 0 Å². The van der Waals surface area contributed by atoms with Crippen molar-refractivity contribution in [2.24, 2.45) is 0 Å². The van der Waals surface area contributed by atoms with Crippen LogP contribution in [0.4, 0.5) is 0 Å². The molecular weight excluding hydrogens is 186 g/mol. The van der Waals surface area contributed by atoms with Crippen molar-refractivity contribution in [3.05, 3.63) is 42.0 Å². The first-order valence-corrected chi connectivity index (χ1v) is 5.35. The van der Waals surface area contributed by atoms with Gasteiger partial charge in [0.15, 0.2) is 0 Å². The maximum atomic E-state index is 4.29. The Morgan fingerprint density at radius 2 is 2.40 bits per heavy atom. The van der Waals surface area contributed by atoms with Gasteiger partial charge in [-0.2, -0.15) is 0 Å². The molecule has 0 aliphatic carbocycles. The average molecular weight is 203 g/mol. The van der Waals surface area contributed by atoms with E-state index in [0.29, 0.717) is 0 Å². The van der Waals surface area contributed by atoms with E-state index in [-0.39, 0.29) is 0 Å². The van der Waals surface area contributed by atoms with E-state index in [1.807, 2.05) is 13.1 Å². The maximum absolute atomic E-state index is 4.29. The predicted octanol–water partition coefficient (Wildman–Crippen LogP) is 1.66. The standard InChI is InChI=1S/C12H17N3/c1-10-4-5-12(8-14-10)9-15-7-3-6-13-11(15)2/h4-5,8,13H,2-3,6-7,9H2,1H3. The number of pyridine rings is 1. The summed E-state index contributed by atoms with van der Waals surface area (Å²) in [5, 5.41) is 3.27. The number of hydrogen-bond donors (Lipinski definition) is 1. The number of nitrogens with zero attached hydrogens (tertiary/aromatic N) is 2. The van der Waals surface area contributed by atoms with Crippen molar-refractivity contribution in [1.82, 2.24) is 15.2 Å².